The molecule has 12 heavy (non-hydrogen) atoms. The smallest absolute Gasteiger partial charge is 0.0672 e. The monoisotopic (exact) mass is 163 g/mol. The van der Waals surface area contributed by atoms with Crippen LogP contribution >= 0.6 is 0 Å². The summed E-state index contributed by atoms with van der Waals surface area (Å²) in [6.07, 6.45) is 0. The summed E-state index contributed by atoms with van der Waals surface area (Å²) in [6, 6.07) is 4.21. The van der Waals surface area contributed by atoms with Gasteiger partial charge in [0.15, 0.2) is 0 Å². The van der Waals surface area contributed by atoms with E-state index in [1.54, 1.807) is 0 Å². The number of nitriles is 1. The molecule has 0 unspecified atom stereocenters. The SMILES string of the molecule is Cc1cc(C)n(C[C@@H](C)C#N)n1. The highest BCUT2D eigenvalue weighted by atomic mass is 15.3. The van der Waals surface area contributed by atoms with Crippen LogP contribution in [0, 0.1) is 31.1 Å². The van der Waals surface area contributed by atoms with Crippen LogP contribution in [-0.4, -0.2) is 9.78 Å². The predicted molar refractivity (Wildman–Crippen MR) is 46.5 cm³/mol. The summed E-state index contributed by atoms with van der Waals surface area (Å²) in [6.45, 7) is 6.55. The first kappa shape index (κ1) is 8.79. The van der Waals surface area contributed by atoms with Crippen LogP contribution in [0.2, 0.25) is 0 Å². The molecule has 1 aromatic heterocycles. The molecule has 3 heteroatoms. The molecule has 0 aliphatic carbocycles. The number of aromatic nitrogens is 2. The fourth-order valence-corrected chi connectivity index (χ4v) is 1.16. The van der Waals surface area contributed by atoms with E-state index in [0.717, 1.165) is 11.4 Å². The molecule has 1 atom stereocenters. The molecule has 0 fully saturated rings. The van der Waals surface area contributed by atoms with Gasteiger partial charge in [-0.15, -0.1) is 0 Å². The third-order valence-corrected chi connectivity index (χ3v) is 1.77. The summed E-state index contributed by atoms with van der Waals surface area (Å²) in [5.74, 6) is 0.0306. The Hall–Kier alpha value is -1.30. The fourth-order valence-electron chi connectivity index (χ4n) is 1.16. The van der Waals surface area contributed by atoms with Crippen molar-refractivity contribution in [1.82, 2.24) is 9.78 Å². The largest absolute Gasteiger partial charge is 0.268 e. The molecule has 0 aliphatic rings. The van der Waals surface area contributed by atoms with Crippen LogP contribution in [0.5, 0.6) is 0 Å². The average molecular weight is 163 g/mol. The first-order chi connectivity index (χ1) is 5.63. The Kier molecular flexibility index (Phi) is 2.49. The number of rotatable bonds is 2. The summed E-state index contributed by atoms with van der Waals surface area (Å²) < 4.78 is 1.88. The molecule has 0 bridgehead atoms. The van der Waals surface area contributed by atoms with Gasteiger partial charge in [-0.2, -0.15) is 10.4 Å². The standard InChI is InChI=1S/C9H13N3/c1-7(5-10)6-12-9(3)4-8(2)11-12/h4,7H,6H2,1-3H3/t7-/m0/s1. The Morgan fingerprint density at radius 3 is 2.75 bits per heavy atom. The first-order valence-electron chi connectivity index (χ1n) is 4.04. The van der Waals surface area contributed by atoms with E-state index >= 15 is 0 Å². The molecular weight excluding hydrogens is 150 g/mol. The molecule has 3 nitrogen and oxygen atoms in total. The molecule has 0 saturated heterocycles. The molecule has 64 valence electrons. The summed E-state index contributed by atoms with van der Waals surface area (Å²) in [5, 5.41) is 12.9. The van der Waals surface area contributed by atoms with Crippen LogP contribution in [0.1, 0.15) is 18.3 Å². The quantitative estimate of drug-likeness (QED) is 0.665. The van der Waals surface area contributed by atoms with Crippen LogP contribution in [-0.2, 0) is 6.54 Å². The van der Waals surface area contributed by atoms with Crippen LogP contribution < -0.4 is 0 Å². The molecule has 0 saturated carbocycles. The first-order valence-corrected chi connectivity index (χ1v) is 4.04. The van der Waals surface area contributed by atoms with E-state index in [0.29, 0.717) is 6.54 Å². The van der Waals surface area contributed by atoms with E-state index in [9.17, 15) is 0 Å². The van der Waals surface area contributed by atoms with Gasteiger partial charge in [0.2, 0.25) is 0 Å². The van der Waals surface area contributed by atoms with Crippen molar-refractivity contribution in [3.63, 3.8) is 0 Å². The molecule has 0 N–H and O–H groups in total. The second-order valence-corrected chi connectivity index (χ2v) is 3.14. The van der Waals surface area contributed by atoms with E-state index in [1.165, 1.54) is 0 Å². The lowest BCUT2D eigenvalue weighted by Crippen LogP contribution is -2.08. The van der Waals surface area contributed by atoms with Crippen molar-refractivity contribution >= 4 is 0 Å². The van der Waals surface area contributed by atoms with Crippen molar-refractivity contribution in [1.29, 1.82) is 5.26 Å². The van der Waals surface area contributed by atoms with E-state index < -0.39 is 0 Å². The number of aryl methyl sites for hydroxylation is 2. The van der Waals surface area contributed by atoms with Crippen molar-refractivity contribution in [2.45, 2.75) is 27.3 Å². The van der Waals surface area contributed by atoms with Crippen LogP contribution in [0.3, 0.4) is 0 Å². The number of hydrogen-bond acceptors (Lipinski definition) is 2. The third kappa shape index (κ3) is 1.85. The van der Waals surface area contributed by atoms with Crippen LogP contribution in [0.25, 0.3) is 0 Å². The van der Waals surface area contributed by atoms with Gasteiger partial charge in [-0.3, -0.25) is 4.68 Å². The minimum Gasteiger partial charge on any atom is -0.268 e. The Bertz CT molecular complexity index is 306. The number of nitrogens with zero attached hydrogens (tertiary/aromatic N) is 3. The van der Waals surface area contributed by atoms with Gasteiger partial charge in [0, 0.05) is 5.69 Å². The second kappa shape index (κ2) is 3.40. The zero-order chi connectivity index (χ0) is 9.14. The van der Waals surface area contributed by atoms with E-state index in [1.807, 2.05) is 31.5 Å². The third-order valence-electron chi connectivity index (χ3n) is 1.77. The van der Waals surface area contributed by atoms with Gasteiger partial charge in [-0.05, 0) is 26.8 Å². The second-order valence-electron chi connectivity index (χ2n) is 3.14. The minimum absolute atomic E-state index is 0.0306. The molecule has 0 spiro atoms. The molecule has 1 heterocycles. The summed E-state index contributed by atoms with van der Waals surface area (Å²) >= 11 is 0. The topological polar surface area (TPSA) is 41.6 Å². The van der Waals surface area contributed by atoms with E-state index in [-0.39, 0.29) is 5.92 Å². The average Bonchev–Trinajstić information content (AvgIpc) is 2.30. The molecule has 1 rings (SSSR count). The van der Waals surface area contributed by atoms with Gasteiger partial charge in [-0.25, -0.2) is 0 Å². The van der Waals surface area contributed by atoms with Crippen molar-refractivity contribution in [2.75, 3.05) is 0 Å². The van der Waals surface area contributed by atoms with Gasteiger partial charge in [0.25, 0.3) is 0 Å². The lowest BCUT2D eigenvalue weighted by molar-refractivity contribution is 0.515. The minimum atomic E-state index is 0.0306. The van der Waals surface area contributed by atoms with Gasteiger partial charge >= 0.3 is 0 Å². The van der Waals surface area contributed by atoms with Crippen molar-refractivity contribution in [2.24, 2.45) is 5.92 Å². The predicted octanol–water partition coefficient (Wildman–Crippen LogP) is 1.66. The van der Waals surface area contributed by atoms with Crippen molar-refractivity contribution in [3.8, 4) is 6.07 Å². The zero-order valence-electron chi connectivity index (χ0n) is 7.70. The molecule has 0 aromatic carbocycles. The Balaban J connectivity index is 2.76. The maximum absolute atomic E-state index is 8.60. The maximum Gasteiger partial charge on any atom is 0.0672 e. The van der Waals surface area contributed by atoms with Gasteiger partial charge in [0.1, 0.15) is 0 Å². The lowest BCUT2D eigenvalue weighted by Gasteiger charge is -2.04. The Morgan fingerprint density at radius 2 is 2.33 bits per heavy atom. The summed E-state index contributed by atoms with van der Waals surface area (Å²) in [5.41, 5.74) is 2.13. The van der Waals surface area contributed by atoms with E-state index in [4.69, 9.17) is 5.26 Å². The normalized spacial score (nSPS) is 12.5. The molecule has 0 radical (unpaired) electrons. The van der Waals surface area contributed by atoms with Gasteiger partial charge in [-0.1, -0.05) is 0 Å². The van der Waals surface area contributed by atoms with Crippen molar-refractivity contribution < 1.29 is 0 Å². The van der Waals surface area contributed by atoms with Crippen LogP contribution in [0.4, 0.5) is 0 Å². The highest BCUT2D eigenvalue weighted by Gasteiger charge is 2.04. The Morgan fingerprint density at radius 1 is 1.67 bits per heavy atom. The fraction of sp³-hybridized carbons (Fsp3) is 0.556. The lowest BCUT2D eigenvalue weighted by atomic mass is 10.2. The summed E-state index contributed by atoms with van der Waals surface area (Å²) in [4.78, 5) is 0. The highest BCUT2D eigenvalue weighted by Crippen LogP contribution is 2.05. The highest BCUT2D eigenvalue weighted by molar-refractivity contribution is 5.06. The van der Waals surface area contributed by atoms with Crippen molar-refractivity contribution in [3.05, 3.63) is 17.5 Å². The molecule has 0 amide bonds. The van der Waals surface area contributed by atoms with Gasteiger partial charge < -0.3 is 0 Å². The van der Waals surface area contributed by atoms with Gasteiger partial charge in [0.05, 0.1) is 24.2 Å². The van der Waals surface area contributed by atoms with E-state index in [2.05, 4.69) is 11.2 Å². The number of hydrogen-bond donors (Lipinski definition) is 0. The zero-order valence-corrected chi connectivity index (χ0v) is 7.70. The molecular formula is C9H13N3. The Labute approximate surface area is 72.6 Å². The molecule has 1 aromatic rings. The molecule has 0 aliphatic heterocycles. The summed E-state index contributed by atoms with van der Waals surface area (Å²) in [7, 11) is 0. The maximum atomic E-state index is 8.60. The van der Waals surface area contributed by atoms with Crippen LogP contribution in [0.15, 0.2) is 6.07 Å².